The Morgan fingerprint density at radius 2 is 2.15 bits per heavy atom. The molecule has 0 unspecified atom stereocenters. The second kappa shape index (κ2) is 5.11. The number of amides is 1. The first-order valence-electron chi connectivity index (χ1n) is 5.16. The SMILES string of the molecule is O=Cc1cc(N(C(=O)c2cccnc2)C(F)(F)F)on1. The highest BCUT2D eigenvalue weighted by Crippen LogP contribution is 2.30. The zero-order chi connectivity index (χ0) is 14.8. The number of carbonyl (C=O) groups is 2. The molecule has 1 amide bonds. The van der Waals surface area contributed by atoms with Crippen LogP contribution in [-0.2, 0) is 0 Å². The Bertz CT molecular complexity index is 625. The van der Waals surface area contributed by atoms with E-state index < -0.39 is 23.0 Å². The van der Waals surface area contributed by atoms with Crippen LogP contribution in [-0.4, -0.2) is 28.6 Å². The maximum atomic E-state index is 13.0. The molecule has 0 aliphatic heterocycles. The van der Waals surface area contributed by atoms with Crippen LogP contribution in [0.4, 0.5) is 19.1 Å². The lowest BCUT2D eigenvalue weighted by Crippen LogP contribution is -2.43. The smallest absolute Gasteiger partial charge is 0.337 e. The molecule has 0 N–H and O–H groups in total. The van der Waals surface area contributed by atoms with Crippen molar-refractivity contribution in [2.75, 3.05) is 4.90 Å². The van der Waals surface area contributed by atoms with Gasteiger partial charge in [0.2, 0.25) is 5.88 Å². The zero-order valence-corrected chi connectivity index (χ0v) is 9.66. The highest BCUT2D eigenvalue weighted by molar-refractivity contribution is 6.05. The van der Waals surface area contributed by atoms with E-state index in [0.29, 0.717) is 0 Å². The summed E-state index contributed by atoms with van der Waals surface area (Å²) in [6.45, 7) is 0. The van der Waals surface area contributed by atoms with Gasteiger partial charge in [-0.1, -0.05) is 5.16 Å². The summed E-state index contributed by atoms with van der Waals surface area (Å²) < 4.78 is 43.3. The van der Waals surface area contributed by atoms with Crippen molar-refractivity contribution in [1.82, 2.24) is 10.1 Å². The molecule has 0 bridgehead atoms. The molecule has 2 aromatic heterocycles. The van der Waals surface area contributed by atoms with Crippen molar-refractivity contribution < 1.29 is 27.3 Å². The molecule has 2 aromatic rings. The fourth-order valence-corrected chi connectivity index (χ4v) is 1.40. The number of carbonyl (C=O) groups excluding carboxylic acids is 2. The third-order valence-electron chi connectivity index (χ3n) is 2.22. The minimum Gasteiger partial charge on any atom is -0.337 e. The van der Waals surface area contributed by atoms with Crippen molar-refractivity contribution in [2.24, 2.45) is 0 Å². The van der Waals surface area contributed by atoms with Gasteiger partial charge in [0.25, 0.3) is 5.91 Å². The first-order chi connectivity index (χ1) is 9.43. The van der Waals surface area contributed by atoms with Gasteiger partial charge in [-0.05, 0) is 12.1 Å². The average Bonchev–Trinajstić information content (AvgIpc) is 2.86. The van der Waals surface area contributed by atoms with Gasteiger partial charge < -0.3 is 4.52 Å². The number of anilines is 1. The van der Waals surface area contributed by atoms with Gasteiger partial charge in [-0.2, -0.15) is 4.90 Å². The van der Waals surface area contributed by atoms with E-state index in [2.05, 4.69) is 14.7 Å². The van der Waals surface area contributed by atoms with Crippen LogP contribution in [0.25, 0.3) is 0 Å². The summed E-state index contributed by atoms with van der Waals surface area (Å²) in [5.41, 5.74) is -0.637. The second-order valence-electron chi connectivity index (χ2n) is 3.56. The Kier molecular flexibility index (Phi) is 3.51. The predicted octanol–water partition coefficient (Wildman–Crippen LogP) is 2.05. The molecule has 0 aliphatic carbocycles. The largest absolute Gasteiger partial charge is 0.494 e. The van der Waals surface area contributed by atoms with Crippen molar-refractivity contribution in [2.45, 2.75) is 6.30 Å². The quantitative estimate of drug-likeness (QED) is 0.637. The fourth-order valence-electron chi connectivity index (χ4n) is 1.40. The van der Waals surface area contributed by atoms with Crippen molar-refractivity contribution in [3.8, 4) is 0 Å². The standard InChI is InChI=1S/C11H6F3N3O3/c12-11(13,14)17(9-4-8(6-18)16-20-9)10(19)7-2-1-3-15-5-7/h1-6H. The summed E-state index contributed by atoms with van der Waals surface area (Å²) in [6.07, 6.45) is -2.53. The van der Waals surface area contributed by atoms with Crippen molar-refractivity contribution in [3.63, 3.8) is 0 Å². The number of pyridine rings is 1. The van der Waals surface area contributed by atoms with Crippen LogP contribution in [0, 0.1) is 0 Å². The molecular weight excluding hydrogens is 279 g/mol. The summed E-state index contributed by atoms with van der Waals surface area (Å²) in [5.74, 6) is -2.28. The van der Waals surface area contributed by atoms with E-state index in [-0.39, 0.29) is 17.5 Å². The van der Waals surface area contributed by atoms with Gasteiger partial charge in [-0.3, -0.25) is 14.6 Å². The normalized spacial score (nSPS) is 11.2. The highest BCUT2D eigenvalue weighted by Gasteiger charge is 2.45. The van der Waals surface area contributed by atoms with E-state index in [1.807, 2.05) is 0 Å². The summed E-state index contributed by atoms with van der Waals surface area (Å²) in [4.78, 5) is 25.3. The van der Waals surface area contributed by atoms with Crippen molar-refractivity contribution >= 4 is 18.1 Å². The van der Waals surface area contributed by atoms with Gasteiger partial charge in [0, 0.05) is 18.5 Å². The summed E-state index contributed by atoms with van der Waals surface area (Å²) in [5, 5.41) is 3.09. The average molecular weight is 285 g/mol. The van der Waals surface area contributed by atoms with Gasteiger partial charge in [0.1, 0.15) is 5.69 Å². The number of nitrogens with zero attached hydrogens (tertiary/aromatic N) is 3. The van der Waals surface area contributed by atoms with Gasteiger partial charge in [0.05, 0.1) is 5.56 Å². The van der Waals surface area contributed by atoms with E-state index in [9.17, 15) is 22.8 Å². The first kappa shape index (κ1) is 13.7. The Hall–Kier alpha value is -2.71. The number of aromatic nitrogens is 2. The van der Waals surface area contributed by atoms with E-state index in [0.717, 1.165) is 12.3 Å². The molecule has 0 saturated heterocycles. The molecule has 9 heteroatoms. The lowest BCUT2D eigenvalue weighted by atomic mass is 10.2. The first-order valence-corrected chi connectivity index (χ1v) is 5.16. The van der Waals surface area contributed by atoms with Crippen LogP contribution in [0.5, 0.6) is 0 Å². The van der Waals surface area contributed by atoms with Crippen molar-refractivity contribution in [1.29, 1.82) is 0 Å². The van der Waals surface area contributed by atoms with E-state index in [1.54, 1.807) is 0 Å². The molecule has 2 heterocycles. The maximum absolute atomic E-state index is 13.0. The monoisotopic (exact) mass is 285 g/mol. The molecule has 104 valence electrons. The zero-order valence-electron chi connectivity index (χ0n) is 9.66. The molecule has 20 heavy (non-hydrogen) atoms. The molecule has 0 radical (unpaired) electrons. The highest BCUT2D eigenvalue weighted by atomic mass is 19.4. The maximum Gasteiger partial charge on any atom is 0.494 e. The number of halogens is 3. The Balaban J connectivity index is 2.43. The van der Waals surface area contributed by atoms with E-state index >= 15 is 0 Å². The van der Waals surface area contributed by atoms with Crippen LogP contribution in [0.15, 0.2) is 35.1 Å². The lowest BCUT2D eigenvalue weighted by molar-refractivity contribution is -0.124. The second-order valence-corrected chi connectivity index (χ2v) is 3.56. The molecule has 0 saturated carbocycles. The van der Waals surface area contributed by atoms with Crippen LogP contribution in [0.2, 0.25) is 0 Å². The van der Waals surface area contributed by atoms with E-state index in [1.165, 1.54) is 18.3 Å². The topological polar surface area (TPSA) is 76.3 Å². The van der Waals surface area contributed by atoms with E-state index in [4.69, 9.17) is 0 Å². The Labute approximate surface area is 109 Å². The molecule has 0 aromatic carbocycles. The van der Waals surface area contributed by atoms with Crippen LogP contribution in [0.3, 0.4) is 0 Å². The van der Waals surface area contributed by atoms with Gasteiger partial charge in [0.15, 0.2) is 6.29 Å². The lowest BCUT2D eigenvalue weighted by Gasteiger charge is -2.21. The number of hydrogen-bond acceptors (Lipinski definition) is 5. The van der Waals surface area contributed by atoms with Crippen LogP contribution >= 0.6 is 0 Å². The third kappa shape index (κ3) is 2.66. The molecule has 6 nitrogen and oxygen atoms in total. The molecule has 0 aliphatic rings. The van der Waals surface area contributed by atoms with Crippen molar-refractivity contribution in [3.05, 3.63) is 41.9 Å². The number of rotatable bonds is 3. The minimum atomic E-state index is -5.04. The van der Waals surface area contributed by atoms with Crippen LogP contribution in [0.1, 0.15) is 20.8 Å². The Morgan fingerprint density at radius 3 is 2.65 bits per heavy atom. The van der Waals surface area contributed by atoms with Gasteiger partial charge in [-0.15, -0.1) is 13.2 Å². The number of aldehydes is 1. The van der Waals surface area contributed by atoms with Gasteiger partial charge in [-0.25, -0.2) is 0 Å². The van der Waals surface area contributed by atoms with Gasteiger partial charge >= 0.3 is 6.30 Å². The molecule has 0 atom stereocenters. The summed E-state index contributed by atoms with van der Waals surface area (Å²) in [6, 6.07) is 3.21. The predicted molar refractivity (Wildman–Crippen MR) is 59.0 cm³/mol. The molecule has 2 rings (SSSR count). The number of hydrogen-bond donors (Lipinski definition) is 0. The Morgan fingerprint density at radius 1 is 1.40 bits per heavy atom. The summed E-state index contributed by atoms with van der Waals surface area (Å²) in [7, 11) is 0. The molecule has 0 fully saturated rings. The molecule has 0 spiro atoms. The minimum absolute atomic E-state index is 0.204. The fraction of sp³-hybridized carbons (Fsp3) is 0.0909. The summed E-state index contributed by atoms with van der Waals surface area (Å²) >= 11 is 0. The molecular formula is C11H6F3N3O3. The number of alkyl halides is 3. The van der Waals surface area contributed by atoms with Crippen LogP contribution < -0.4 is 4.90 Å². The third-order valence-corrected chi connectivity index (χ3v) is 2.22.